The van der Waals surface area contributed by atoms with Crippen LogP contribution in [0.5, 0.6) is 0 Å². The van der Waals surface area contributed by atoms with Gasteiger partial charge in [0.25, 0.3) is 0 Å². The monoisotopic (exact) mass is 273 g/mol. The molecule has 1 aromatic rings. The van der Waals surface area contributed by atoms with E-state index in [1.54, 1.807) is 18.2 Å². The Balaban J connectivity index is 2.25. The molecule has 0 spiro atoms. The number of rotatable bonds is 3. The lowest BCUT2D eigenvalue weighted by molar-refractivity contribution is -0.121. The molecule has 17 heavy (non-hydrogen) atoms. The van der Waals surface area contributed by atoms with Crippen LogP contribution in [0.25, 0.3) is 0 Å². The Morgan fingerprint density at radius 2 is 2.12 bits per heavy atom. The number of benzene rings is 1. The lowest BCUT2D eigenvalue weighted by Gasteiger charge is -2.24. The van der Waals surface area contributed by atoms with Crippen LogP contribution in [-0.2, 0) is 4.79 Å². The van der Waals surface area contributed by atoms with Gasteiger partial charge in [0.1, 0.15) is 6.10 Å². The average Bonchev–Trinajstić information content (AvgIpc) is 2.97. The second kappa shape index (κ2) is 4.48. The molecule has 1 saturated carbocycles. The zero-order chi connectivity index (χ0) is 12.6. The first-order valence-electron chi connectivity index (χ1n) is 5.36. The maximum atomic E-state index is 11.1. The van der Waals surface area contributed by atoms with E-state index < -0.39 is 11.6 Å². The van der Waals surface area contributed by atoms with Crippen LogP contribution in [0.1, 0.15) is 31.4 Å². The van der Waals surface area contributed by atoms with Gasteiger partial charge in [-0.15, -0.1) is 0 Å². The molecule has 1 aliphatic carbocycles. The van der Waals surface area contributed by atoms with E-state index in [0.29, 0.717) is 15.6 Å². The van der Waals surface area contributed by atoms with Crippen LogP contribution in [0.2, 0.25) is 10.0 Å². The van der Waals surface area contributed by atoms with Crippen LogP contribution in [-0.4, -0.2) is 16.6 Å². The highest BCUT2D eigenvalue weighted by molar-refractivity contribution is 6.35. The van der Waals surface area contributed by atoms with Gasteiger partial charge in [0.05, 0.1) is 5.54 Å². The van der Waals surface area contributed by atoms with Gasteiger partial charge in [0, 0.05) is 22.5 Å². The molecule has 0 bridgehead atoms. The average molecular weight is 274 g/mol. The second-order valence-corrected chi connectivity index (χ2v) is 5.25. The summed E-state index contributed by atoms with van der Waals surface area (Å²) in [4.78, 5) is 11.1. The molecule has 2 rings (SSSR count). The molecule has 92 valence electrons. The summed E-state index contributed by atoms with van der Waals surface area (Å²) in [6, 6.07) is 4.96. The summed E-state index contributed by atoms with van der Waals surface area (Å²) in [7, 11) is 0. The predicted molar refractivity (Wildman–Crippen MR) is 67.2 cm³/mol. The Morgan fingerprint density at radius 3 is 2.59 bits per heavy atom. The van der Waals surface area contributed by atoms with Crippen molar-refractivity contribution in [2.45, 2.75) is 31.4 Å². The minimum Gasteiger partial charge on any atom is -0.386 e. The lowest BCUT2D eigenvalue weighted by atomic mass is 10.00. The van der Waals surface area contributed by atoms with E-state index in [1.807, 2.05) is 0 Å². The van der Waals surface area contributed by atoms with Gasteiger partial charge in [-0.05, 0) is 25.0 Å². The summed E-state index contributed by atoms with van der Waals surface area (Å²) >= 11 is 11.8. The highest BCUT2D eigenvalue weighted by atomic mass is 35.5. The van der Waals surface area contributed by atoms with Crippen molar-refractivity contribution < 1.29 is 9.90 Å². The summed E-state index contributed by atoms with van der Waals surface area (Å²) in [5.41, 5.74) is 0.0471. The molecule has 1 fully saturated rings. The molecule has 3 nitrogen and oxygen atoms in total. The predicted octanol–water partition coefficient (Wildman–Crippen LogP) is 2.70. The zero-order valence-electron chi connectivity index (χ0n) is 9.34. The number of aliphatic hydroxyl groups is 1. The van der Waals surface area contributed by atoms with Crippen molar-refractivity contribution in [3.05, 3.63) is 33.8 Å². The van der Waals surface area contributed by atoms with Crippen molar-refractivity contribution in [1.82, 2.24) is 5.32 Å². The molecule has 2 N–H and O–H groups in total. The van der Waals surface area contributed by atoms with E-state index in [-0.39, 0.29) is 5.91 Å². The van der Waals surface area contributed by atoms with E-state index in [4.69, 9.17) is 23.2 Å². The van der Waals surface area contributed by atoms with Crippen molar-refractivity contribution >= 4 is 29.1 Å². The molecule has 0 saturated heterocycles. The summed E-state index contributed by atoms with van der Waals surface area (Å²) in [6.45, 7) is 1.44. The Hall–Kier alpha value is -0.770. The number of halogens is 2. The molecule has 1 unspecified atom stereocenters. The molecule has 1 amide bonds. The number of carbonyl (C=O) groups is 1. The maximum Gasteiger partial charge on any atom is 0.217 e. The van der Waals surface area contributed by atoms with Gasteiger partial charge in [0.2, 0.25) is 5.91 Å². The third-order valence-corrected chi connectivity index (χ3v) is 3.56. The maximum absolute atomic E-state index is 11.1. The Bertz CT molecular complexity index is 458. The third-order valence-electron chi connectivity index (χ3n) is 2.99. The first-order valence-corrected chi connectivity index (χ1v) is 6.12. The van der Waals surface area contributed by atoms with E-state index in [9.17, 15) is 9.90 Å². The van der Waals surface area contributed by atoms with Crippen LogP contribution in [0.4, 0.5) is 0 Å². The molecule has 5 heteroatoms. The molecule has 0 aliphatic heterocycles. The van der Waals surface area contributed by atoms with Gasteiger partial charge in [0.15, 0.2) is 0 Å². The summed E-state index contributed by atoms with van der Waals surface area (Å²) in [6.07, 6.45) is 0.718. The third kappa shape index (κ3) is 2.57. The molecule has 0 heterocycles. The fourth-order valence-electron chi connectivity index (χ4n) is 1.97. The summed E-state index contributed by atoms with van der Waals surface area (Å²) in [5, 5.41) is 14.0. The Labute approximate surface area is 110 Å². The van der Waals surface area contributed by atoms with Gasteiger partial charge in [-0.25, -0.2) is 0 Å². The Morgan fingerprint density at radius 1 is 1.47 bits per heavy atom. The van der Waals surface area contributed by atoms with Crippen LogP contribution in [0, 0.1) is 0 Å². The molecule has 1 aromatic carbocycles. The molecule has 1 atom stereocenters. The van der Waals surface area contributed by atoms with E-state index >= 15 is 0 Å². The fraction of sp³-hybridized carbons (Fsp3) is 0.417. The van der Waals surface area contributed by atoms with Crippen molar-refractivity contribution in [3.8, 4) is 0 Å². The van der Waals surface area contributed by atoms with Crippen LogP contribution < -0.4 is 5.32 Å². The van der Waals surface area contributed by atoms with E-state index in [0.717, 1.165) is 12.8 Å². The quantitative estimate of drug-likeness (QED) is 0.890. The van der Waals surface area contributed by atoms with Crippen LogP contribution in [0.3, 0.4) is 0 Å². The SMILES string of the molecule is CC(=O)NC1(C(O)c2ccc(Cl)cc2Cl)CC1. The smallest absolute Gasteiger partial charge is 0.217 e. The van der Waals surface area contributed by atoms with Crippen molar-refractivity contribution in [2.24, 2.45) is 0 Å². The van der Waals surface area contributed by atoms with Crippen LogP contribution >= 0.6 is 23.2 Å². The van der Waals surface area contributed by atoms with Gasteiger partial charge < -0.3 is 10.4 Å². The van der Waals surface area contributed by atoms with Crippen molar-refractivity contribution in [2.75, 3.05) is 0 Å². The topological polar surface area (TPSA) is 49.3 Å². The van der Waals surface area contributed by atoms with Crippen molar-refractivity contribution in [3.63, 3.8) is 0 Å². The number of carbonyl (C=O) groups excluding carboxylic acids is 1. The Kier molecular flexibility index (Phi) is 3.34. The molecule has 1 aliphatic rings. The van der Waals surface area contributed by atoms with E-state index in [1.165, 1.54) is 6.92 Å². The summed E-state index contributed by atoms with van der Waals surface area (Å²) < 4.78 is 0. The normalized spacial score (nSPS) is 18.6. The number of nitrogens with one attached hydrogen (secondary N) is 1. The van der Waals surface area contributed by atoms with Crippen molar-refractivity contribution in [1.29, 1.82) is 0 Å². The van der Waals surface area contributed by atoms with Crippen LogP contribution in [0.15, 0.2) is 18.2 Å². The molecule has 0 aromatic heterocycles. The number of hydrogen-bond donors (Lipinski definition) is 2. The van der Waals surface area contributed by atoms with Gasteiger partial charge in [-0.3, -0.25) is 4.79 Å². The molecule has 0 radical (unpaired) electrons. The summed E-state index contributed by atoms with van der Waals surface area (Å²) in [5.74, 6) is -0.147. The lowest BCUT2D eigenvalue weighted by Crippen LogP contribution is -2.40. The van der Waals surface area contributed by atoms with Gasteiger partial charge in [-0.1, -0.05) is 29.3 Å². The number of aliphatic hydroxyl groups excluding tert-OH is 1. The van der Waals surface area contributed by atoms with E-state index in [2.05, 4.69) is 5.32 Å². The molecular formula is C12H13Cl2NO2. The second-order valence-electron chi connectivity index (χ2n) is 4.41. The minimum absolute atomic E-state index is 0.147. The first-order chi connectivity index (χ1) is 7.94. The first kappa shape index (κ1) is 12.7. The number of amides is 1. The van der Waals surface area contributed by atoms with Gasteiger partial charge in [-0.2, -0.15) is 0 Å². The zero-order valence-corrected chi connectivity index (χ0v) is 10.8. The highest BCUT2D eigenvalue weighted by Gasteiger charge is 2.50. The highest BCUT2D eigenvalue weighted by Crippen LogP contribution is 2.47. The molecular weight excluding hydrogens is 261 g/mol. The van der Waals surface area contributed by atoms with Gasteiger partial charge >= 0.3 is 0 Å². The standard InChI is InChI=1S/C12H13Cl2NO2/c1-7(16)15-12(4-5-12)11(17)9-3-2-8(13)6-10(9)14/h2-3,6,11,17H,4-5H2,1H3,(H,15,16). The number of hydrogen-bond acceptors (Lipinski definition) is 2. The minimum atomic E-state index is -0.795. The largest absolute Gasteiger partial charge is 0.386 e. The fourth-order valence-corrected chi connectivity index (χ4v) is 2.48.